The van der Waals surface area contributed by atoms with Crippen LogP contribution in [0.1, 0.15) is 24.8 Å². The second kappa shape index (κ2) is 8.66. The summed E-state index contributed by atoms with van der Waals surface area (Å²) < 4.78 is 5.69. The summed E-state index contributed by atoms with van der Waals surface area (Å²) in [6.07, 6.45) is 3.73. The summed E-state index contributed by atoms with van der Waals surface area (Å²) >= 11 is 0. The third kappa shape index (κ3) is 5.74. The molecule has 1 heterocycles. The first-order chi connectivity index (χ1) is 10.3. The van der Waals surface area contributed by atoms with E-state index in [1.165, 1.54) is 32.5 Å². The fourth-order valence-corrected chi connectivity index (χ4v) is 2.61. The van der Waals surface area contributed by atoms with E-state index in [4.69, 9.17) is 10.00 Å². The number of nitrogens with zero attached hydrogens (tertiary/aromatic N) is 3. The van der Waals surface area contributed by atoms with Crippen LogP contribution >= 0.6 is 0 Å². The highest BCUT2D eigenvalue weighted by molar-refractivity contribution is 5.36. The summed E-state index contributed by atoms with van der Waals surface area (Å²) in [6, 6.07) is 9.46. The zero-order valence-electron chi connectivity index (χ0n) is 12.9. The van der Waals surface area contributed by atoms with Crippen LogP contribution in [0.25, 0.3) is 0 Å². The third-order valence-corrected chi connectivity index (χ3v) is 3.91. The lowest BCUT2D eigenvalue weighted by molar-refractivity contribution is 0.233. The van der Waals surface area contributed by atoms with E-state index in [1.54, 1.807) is 12.1 Å². The second-order valence-corrected chi connectivity index (χ2v) is 5.69. The molecule has 0 spiro atoms. The van der Waals surface area contributed by atoms with E-state index in [0.717, 1.165) is 25.3 Å². The van der Waals surface area contributed by atoms with Crippen molar-refractivity contribution >= 4 is 0 Å². The molecule has 0 atom stereocenters. The Kier molecular flexibility index (Phi) is 6.52. The van der Waals surface area contributed by atoms with Gasteiger partial charge in [0.25, 0.3) is 0 Å². The Bertz CT molecular complexity index is 463. The summed E-state index contributed by atoms with van der Waals surface area (Å²) in [5.41, 5.74) is 0.648. The molecule has 4 nitrogen and oxygen atoms in total. The van der Waals surface area contributed by atoms with Gasteiger partial charge in [-0.15, -0.1) is 0 Å². The van der Waals surface area contributed by atoms with E-state index in [2.05, 4.69) is 22.9 Å². The van der Waals surface area contributed by atoms with Crippen molar-refractivity contribution in [1.82, 2.24) is 9.80 Å². The molecule has 0 bridgehead atoms. The van der Waals surface area contributed by atoms with E-state index in [0.29, 0.717) is 12.2 Å². The van der Waals surface area contributed by atoms with Gasteiger partial charge in [-0.2, -0.15) is 5.26 Å². The number of hydrogen-bond donors (Lipinski definition) is 0. The summed E-state index contributed by atoms with van der Waals surface area (Å²) in [5.74, 6) is 0.786. The fraction of sp³-hybridized carbons (Fsp3) is 0.588. The van der Waals surface area contributed by atoms with Gasteiger partial charge in [0.1, 0.15) is 5.75 Å². The van der Waals surface area contributed by atoms with Gasteiger partial charge in [0.05, 0.1) is 18.2 Å². The van der Waals surface area contributed by atoms with Crippen LogP contribution in [0, 0.1) is 11.3 Å². The van der Waals surface area contributed by atoms with Crippen molar-refractivity contribution in [2.75, 3.05) is 46.4 Å². The summed E-state index contributed by atoms with van der Waals surface area (Å²) in [7, 11) is 2.17. The lowest BCUT2D eigenvalue weighted by Gasteiger charge is -2.21. The van der Waals surface area contributed by atoms with Crippen LogP contribution in [0.15, 0.2) is 24.3 Å². The van der Waals surface area contributed by atoms with Crippen LogP contribution in [-0.4, -0.2) is 56.2 Å². The normalized spacial score (nSPS) is 15.3. The van der Waals surface area contributed by atoms with Crippen molar-refractivity contribution in [3.63, 3.8) is 0 Å². The fourth-order valence-electron chi connectivity index (χ4n) is 2.61. The molecule has 2 rings (SSSR count). The molecule has 0 N–H and O–H groups in total. The molecule has 21 heavy (non-hydrogen) atoms. The molecule has 1 aliphatic rings. The maximum absolute atomic E-state index is 8.84. The van der Waals surface area contributed by atoms with Crippen molar-refractivity contribution in [2.24, 2.45) is 0 Å². The Morgan fingerprint density at radius 3 is 2.86 bits per heavy atom. The number of ether oxygens (including phenoxy) is 1. The average Bonchev–Trinajstić information content (AvgIpc) is 3.03. The van der Waals surface area contributed by atoms with Crippen LogP contribution in [-0.2, 0) is 0 Å². The van der Waals surface area contributed by atoms with Crippen LogP contribution < -0.4 is 4.74 Å². The number of nitriles is 1. The maximum Gasteiger partial charge on any atom is 0.120 e. The molecule has 0 saturated carbocycles. The zero-order valence-corrected chi connectivity index (χ0v) is 12.9. The number of hydrogen-bond acceptors (Lipinski definition) is 4. The number of benzene rings is 1. The Morgan fingerprint density at radius 1 is 1.29 bits per heavy atom. The van der Waals surface area contributed by atoms with Gasteiger partial charge in [0.2, 0.25) is 0 Å². The Balaban J connectivity index is 1.57. The number of rotatable bonds is 8. The molecule has 1 aromatic carbocycles. The van der Waals surface area contributed by atoms with Gasteiger partial charge in [-0.25, -0.2) is 0 Å². The van der Waals surface area contributed by atoms with Gasteiger partial charge in [-0.1, -0.05) is 6.07 Å². The first-order valence-corrected chi connectivity index (χ1v) is 7.82. The van der Waals surface area contributed by atoms with E-state index in [1.807, 2.05) is 12.1 Å². The monoisotopic (exact) mass is 287 g/mol. The molecule has 1 aliphatic heterocycles. The molecule has 0 aromatic heterocycles. The quantitative estimate of drug-likeness (QED) is 0.688. The summed E-state index contributed by atoms with van der Waals surface area (Å²) in [5, 5.41) is 8.84. The van der Waals surface area contributed by atoms with Crippen LogP contribution in [0.4, 0.5) is 0 Å². The van der Waals surface area contributed by atoms with Crippen molar-refractivity contribution in [2.45, 2.75) is 19.3 Å². The Morgan fingerprint density at radius 2 is 2.10 bits per heavy atom. The minimum absolute atomic E-state index is 0.648. The second-order valence-electron chi connectivity index (χ2n) is 5.69. The summed E-state index contributed by atoms with van der Waals surface area (Å²) in [4.78, 5) is 4.91. The van der Waals surface area contributed by atoms with E-state index in [9.17, 15) is 0 Å². The SMILES string of the molecule is CN(CCCOc1cccc(C#N)c1)CCN1CCCC1. The largest absolute Gasteiger partial charge is 0.494 e. The molecule has 0 aliphatic carbocycles. The lowest BCUT2D eigenvalue weighted by Crippen LogP contribution is -2.32. The molecule has 1 aromatic rings. The zero-order chi connectivity index (χ0) is 14.9. The number of likely N-dealkylation sites (tertiary alicyclic amines) is 1. The highest BCUT2D eigenvalue weighted by Gasteiger charge is 2.11. The Labute approximate surface area is 127 Å². The molecule has 0 unspecified atom stereocenters. The highest BCUT2D eigenvalue weighted by atomic mass is 16.5. The van der Waals surface area contributed by atoms with E-state index >= 15 is 0 Å². The molecular formula is C17H25N3O. The molecule has 0 radical (unpaired) electrons. The van der Waals surface area contributed by atoms with Gasteiger partial charge in [0, 0.05) is 19.6 Å². The first kappa shape index (κ1) is 15.8. The van der Waals surface area contributed by atoms with E-state index in [-0.39, 0.29) is 0 Å². The predicted octanol–water partition coefficient (Wildman–Crippen LogP) is 2.35. The van der Waals surface area contributed by atoms with Crippen molar-refractivity contribution in [3.8, 4) is 11.8 Å². The lowest BCUT2D eigenvalue weighted by atomic mass is 10.2. The molecule has 1 saturated heterocycles. The van der Waals surface area contributed by atoms with Gasteiger partial charge < -0.3 is 14.5 Å². The summed E-state index contributed by atoms with van der Waals surface area (Å²) in [6.45, 7) is 6.60. The van der Waals surface area contributed by atoms with E-state index < -0.39 is 0 Å². The number of likely N-dealkylation sites (N-methyl/N-ethyl adjacent to an activating group) is 1. The highest BCUT2D eigenvalue weighted by Crippen LogP contribution is 2.12. The molecule has 0 amide bonds. The standard InChI is InChI=1S/C17H25N3O/c1-19(11-12-20-9-2-3-10-20)8-5-13-21-17-7-4-6-16(14-17)15-18/h4,6-7,14H,2-3,5,8-13H2,1H3. The average molecular weight is 287 g/mol. The van der Waals surface area contributed by atoms with Gasteiger partial charge in [-0.3, -0.25) is 0 Å². The third-order valence-electron chi connectivity index (χ3n) is 3.91. The Hall–Kier alpha value is -1.57. The first-order valence-electron chi connectivity index (χ1n) is 7.82. The topological polar surface area (TPSA) is 39.5 Å². The molecule has 4 heteroatoms. The van der Waals surface area contributed by atoms with Gasteiger partial charge >= 0.3 is 0 Å². The van der Waals surface area contributed by atoms with Gasteiger partial charge in [0.15, 0.2) is 0 Å². The molecule has 114 valence electrons. The van der Waals surface area contributed by atoms with Crippen LogP contribution in [0.3, 0.4) is 0 Å². The molecular weight excluding hydrogens is 262 g/mol. The van der Waals surface area contributed by atoms with Crippen molar-refractivity contribution in [1.29, 1.82) is 5.26 Å². The molecule has 1 fully saturated rings. The maximum atomic E-state index is 8.84. The smallest absolute Gasteiger partial charge is 0.120 e. The van der Waals surface area contributed by atoms with Crippen LogP contribution in [0.2, 0.25) is 0 Å². The van der Waals surface area contributed by atoms with Gasteiger partial charge in [-0.05, 0) is 57.6 Å². The van der Waals surface area contributed by atoms with Crippen molar-refractivity contribution < 1.29 is 4.74 Å². The van der Waals surface area contributed by atoms with Crippen molar-refractivity contribution in [3.05, 3.63) is 29.8 Å². The van der Waals surface area contributed by atoms with Crippen LogP contribution in [0.5, 0.6) is 5.75 Å². The minimum Gasteiger partial charge on any atom is -0.494 e. The predicted molar refractivity (Wildman–Crippen MR) is 84.4 cm³/mol. The minimum atomic E-state index is 0.648.